The van der Waals surface area contributed by atoms with Crippen LogP contribution >= 0.6 is 11.6 Å². The van der Waals surface area contributed by atoms with Crippen LogP contribution in [0.3, 0.4) is 0 Å². The second-order valence-corrected chi connectivity index (χ2v) is 5.87. The fraction of sp³-hybridized carbons (Fsp3) is 0.375. The molecule has 2 aromatic heterocycles. The molecule has 21 heavy (non-hydrogen) atoms. The van der Waals surface area contributed by atoms with Crippen molar-refractivity contribution >= 4 is 23.1 Å². The van der Waals surface area contributed by atoms with Crippen LogP contribution in [0.2, 0.25) is 5.15 Å². The molecule has 0 amide bonds. The summed E-state index contributed by atoms with van der Waals surface area (Å²) >= 11 is 5.96. The zero-order chi connectivity index (χ0) is 14.7. The second kappa shape index (κ2) is 6.31. The van der Waals surface area contributed by atoms with Gasteiger partial charge in [0.1, 0.15) is 11.0 Å². The molecule has 0 saturated carbocycles. The van der Waals surface area contributed by atoms with Gasteiger partial charge in [-0.25, -0.2) is 9.97 Å². The number of pyridine rings is 2. The molecule has 110 valence electrons. The van der Waals surface area contributed by atoms with Gasteiger partial charge in [-0.3, -0.25) is 0 Å². The van der Waals surface area contributed by atoms with Gasteiger partial charge in [0.05, 0.1) is 0 Å². The predicted octanol–water partition coefficient (Wildman–Crippen LogP) is 3.38. The van der Waals surface area contributed by atoms with Gasteiger partial charge in [-0.1, -0.05) is 17.7 Å². The Morgan fingerprint density at radius 1 is 1.38 bits per heavy atom. The minimum Gasteiger partial charge on any atom is -0.371 e. The summed E-state index contributed by atoms with van der Waals surface area (Å²) in [5.74, 6) is 1.58. The van der Waals surface area contributed by atoms with Crippen LogP contribution in [0.5, 0.6) is 0 Å². The van der Waals surface area contributed by atoms with Crippen molar-refractivity contribution in [2.45, 2.75) is 13.3 Å². The molecule has 1 unspecified atom stereocenters. The van der Waals surface area contributed by atoms with Crippen LogP contribution in [0.15, 0.2) is 36.5 Å². The van der Waals surface area contributed by atoms with Crippen LogP contribution < -0.4 is 10.2 Å². The van der Waals surface area contributed by atoms with E-state index in [2.05, 4.69) is 20.2 Å². The Balaban J connectivity index is 1.55. The zero-order valence-electron chi connectivity index (χ0n) is 12.1. The smallest absolute Gasteiger partial charge is 0.131 e. The molecule has 0 aromatic carbocycles. The fourth-order valence-electron chi connectivity index (χ4n) is 2.71. The molecule has 0 radical (unpaired) electrons. The van der Waals surface area contributed by atoms with Crippen molar-refractivity contribution in [3.8, 4) is 0 Å². The van der Waals surface area contributed by atoms with Crippen molar-refractivity contribution in [2.75, 3.05) is 29.9 Å². The molecule has 3 rings (SSSR count). The van der Waals surface area contributed by atoms with Crippen molar-refractivity contribution in [1.82, 2.24) is 9.97 Å². The first-order valence-electron chi connectivity index (χ1n) is 7.25. The van der Waals surface area contributed by atoms with Crippen LogP contribution in [-0.2, 0) is 0 Å². The highest BCUT2D eigenvalue weighted by molar-refractivity contribution is 6.29. The molecule has 0 bridgehead atoms. The first-order valence-corrected chi connectivity index (χ1v) is 7.62. The summed E-state index contributed by atoms with van der Waals surface area (Å²) in [6, 6.07) is 10.0. The van der Waals surface area contributed by atoms with Gasteiger partial charge in [-0.15, -0.1) is 0 Å². The van der Waals surface area contributed by atoms with Crippen molar-refractivity contribution < 1.29 is 0 Å². The summed E-state index contributed by atoms with van der Waals surface area (Å²) < 4.78 is 0. The number of nitrogens with zero attached hydrogens (tertiary/aromatic N) is 3. The van der Waals surface area contributed by atoms with E-state index in [1.165, 1.54) is 6.42 Å². The van der Waals surface area contributed by atoms with Crippen LogP contribution in [-0.4, -0.2) is 29.6 Å². The van der Waals surface area contributed by atoms with E-state index in [9.17, 15) is 0 Å². The number of aryl methyl sites for hydroxylation is 1. The molecule has 1 atom stereocenters. The Bertz CT molecular complexity index is 617. The molecule has 5 heteroatoms. The molecule has 1 N–H and O–H groups in total. The van der Waals surface area contributed by atoms with Crippen LogP contribution in [0, 0.1) is 12.8 Å². The van der Waals surface area contributed by atoms with E-state index in [-0.39, 0.29) is 0 Å². The van der Waals surface area contributed by atoms with E-state index in [4.69, 9.17) is 11.6 Å². The van der Waals surface area contributed by atoms with E-state index in [1.807, 2.05) is 37.3 Å². The Labute approximate surface area is 130 Å². The van der Waals surface area contributed by atoms with Crippen molar-refractivity contribution in [3.63, 3.8) is 0 Å². The summed E-state index contributed by atoms with van der Waals surface area (Å²) in [7, 11) is 0. The lowest BCUT2D eigenvalue weighted by molar-refractivity contribution is 0.621. The lowest BCUT2D eigenvalue weighted by Gasteiger charge is -2.19. The van der Waals surface area contributed by atoms with Gasteiger partial charge in [0, 0.05) is 37.2 Å². The monoisotopic (exact) mass is 302 g/mol. The van der Waals surface area contributed by atoms with E-state index >= 15 is 0 Å². The summed E-state index contributed by atoms with van der Waals surface area (Å²) in [4.78, 5) is 10.9. The maximum absolute atomic E-state index is 5.96. The number of anilines is 2. The maximum atomic E-state index is 5.96. The van der Waals surface area contributed by atoms with Gasteiger partial charge >= 0.3 is 0 Å². The first kappa shape index (κ1) is 14.1. The van der Waals surface area contributed by atoms with E-state index in [1.54, 1.807) is 6.20 Å². The number of halogens is 1. The normalized spacial score (nSPS) is 18.0. The molecule has 0 spiro atoms. The molecule has 4 nitrogen and oxygen atoms in total. The number of hydrogen-bond donors (Lipinski definition) is 1. The van der Waals surface area contributed by atoms with Gasteiger partial charge in [-0.05, 0) is 43.5 Å². The summed E-state index contributed by atoms with van der Waals surface area (Å²) in [5, 5.41) is 3.99. The summed E-state index contributed by atoms with van der Waals surface area (Å²) in [6.07, 6.45) is 2.94. The Hall–Kier alpha value is -1.81. The SMILES string of the molecule is Cc1cccc(NCC2CCN(c3ccnc(Cl)c3)C2)n1. The Kier molecular flexibility index (Phi) is 4.25. The number of aromatic nitrogens is 2. The van der Waals surface area contributed by atoms with Crippen molar-refractivity contribution in [1.29, 1.82) is 0 Å². The summed E-state index contributed by atoms with van der Waals surface area (Å²) in [6.45, 7) is 5.06. The standard InChI is InChI=1S/C16H19ClN4/c1-12-3-2-4-16(20-12)19-10-13-6-8-21(11-13)14-5-7-18-15(17)9-14/h2-5,7,9,13H,6,8,10-11H2,1H3,(H,19,20). The lowest BCUT2D eigenvalue weighted by Crippen LogP contribution is -2.22. The predicted molar refractivity (Wildman–Crippen MR) is 87.0 cm³/mol. The van der Waals surface area contributed by atoms with Crippen molar-refractivity contribution in [2.24, 2.45) is 5.92 Å². The van der Waals surface area contributed by atoms with Crippen molar-refractivity contribution in [3.05, 3.63) is 47.4 Å². The molecule has 2 aromatic rings. The van der Waals surface area contributed by atoms with Gasteiger partial charge in [0.2, 0.25) is 0 Å². The molecule has 1 aliphatic heterocycles. The second-order valence-electron chi connectivity index (χ2n) is 5.48. The topological polar surface area (TPSA) is 41.0 Å². The highest BCUT2D eigenvalue weighted by Crippen LogP contribution is 2.25. The quantitative estimate of drug-likeness (QED) is 0.879. The first-order chi connectivity index (χ1) is 10.2. The average molecular weight is 303 g/mol. The third-order valence-corrected chi connectivity index (χ3v) is 4.03. The summed E-state index contributed by atoms with van der Waals surface area (Å²) in [5.41, 5.74) is 2.20. The molecule has 1 aliphatic rings. The third-order valence-electron chi connectivity index (χ3n) is 3.82. The van der Waals surface area contributed by atoms with E-state index in [0.29, 0.717) is 11.1 Å². The highest BCUT2D eigenvalue weighted by Gasteiger charge is 2.22. The number of nitrogens with one attached hydrogen (secondary N) is 1. The van der Waals surface area contributed by atoms with E-state index in [0.717, 1.165) is 36.8 Å². The average Bonchev–Trinajstić information content (AvgIpc) is 2.94. The zero-order valence-corrected chi connectivity index (χ0v) is 12.8. The Morgan fingerprint density at radius 3 is 3.10 bits per heavy atom. The third kappa shape index (κ3) is 3.64. The van der Waals surface area contributed by atoms with Gasteiger partial charge < -0.3 is 10.2 Å². The highest BCUT2D eigenvalue weighted by atomic mass is 35.5. The molecule has 3 heterocycles. The van der Waals surface area contributed by atoms with Gasteiger partial charge in [0.15, 0.2) is 0 Å². The van der Waals surface area contributed by atoms with E-state index < -0.39 is 0 Å². The maximum Gasteiger partial charge on any atom is 0.131 e. The molecule has 0 aliphatic carbocycles. The fourth-order valence-corrected chi connectivity index (χ4v) is 2.88. The molecule has 1 fully saturated rings. The van der Waals surface area contributed by atoms with Crippen LogP contribution in [0.25, 0.3) is 0 Å². The van der Waals surface area contributed by atoms with Crippen LogP contribution in [0.4, 0.5) is 11.5 Å². The minimum atomic E-state index is 0.554. The minimum absolute atomic E-state index is 0.554. The molecule has 1 saturated heterocycles. The number of hydrogen-bond acceptors (Lipinski definition) is 4. The molecular formula is C16H19ClN4. The number of rotatable bonds is 4. The lowest BCUT2D eigenvalue weighted by atomic mass is 10.1. The van der Waals surface area contributed by atoms with Crippen LogP contribution in [0.1, 0.15) is 12.1 Å². The Morgan fingerprint density at radius 2 is 2.29 bits per heavy atom. The molecular weight excluding hydrogens is 284 g/mol. The van der Waals surface area contributed by atoms with Gasteiger partial charge in [-0.2, -0.15) is 0 Å². The van der Waals surface area contributed by atoms with Gasteiger partial charge in [0.25, 0.3) is 0 Å². The largest absolute Gasteiger partial charge is 0.371 e.